The molecule has 0 radical (unpaired) electrons. The van der Waals surface area contributed by atoms with Gasteiger partial charge in [-0.3, -0.25) is 10.7 Å². The second kappa shape index (κ2) is 11.0. The summed E-state index contributed by atoms with van der Waals surface area (Å²) in [4.78, 5) is 4.83. The van der Waals surface area contributed by atoms with Crippen molar-refractivity contribution in [2.24, 2.45) is 4.99 Å². The maximum absolute atomic E-state index is 8.65. The van der Waals surface area contributed by atoms with Gasteiger partial charge < -0.3 is 9.47 Å². The van der Waals surface area contributed by atoms with Gasteiger partial charge in [-0.15, -0.1) is 0 Å². The van der Waals surface area contributed by atoms with E-state index in [-0.39, 0.29) is 0 Å². The number of nitrogens with zero attached hydrogens (tertiary/aromatic N) is 1. The first kappa shape index (κ1) is 22.9. The van der Waals surface area contributed by atoms with Crippen LogP contribution in [-0.2, 0) is 6.54 Å². The third-order valence-corrected chi connectivity index (χ3v) is 5.63. The molecule has 0 saturated carbocycles. The van der Waals surface area contributed by atoms with E-state index in [9.17, 15) is 0 Å². The summed E-state index contributed by atoms with van der Waals surface area (Å²) in [6.45, 7) is 0.705. The number of aliphatic imine (C=N–C) groups is 1. The van der Waals surface area contributed by atoms with Crippen LogP contribution in [0.25, 0.3) is 0 Å². The number of ether oxygens (including phenoxy) is 2. The lowest BCUT2D eigenvalue weighted by molar-refractivity contribution is -0.551. The van der Waals surface area contributed by atoms with Crippen LogP contribution in [0.4, 0.5) is 5.69 Å². The van der Waals surface area contributed by atoms with Crippen LogP contribution in [0, 0.1) is 5.41 Å². The zero-order chi connectivity index (χ0) is 22.2. The van der Waals surface area contributed by atoms with Crippen LogP contribution in [-0.4, -0.2) is 31.4 Å². The number of rotatable bonds is 7. The molecule has 0 aliphatic rings. The topological polar surface area (TPSA) is 71.3 Å². The van der Waals surface area contributed by atoms with Gasteiger partial charge in [-0.2, -0.15) is 4.99 Å². The molecule has 0 aliphatic heterocycles. The van der Waals surface area contributed by atoms with Crippen molar-refractivity contribution in [3.63, 3.8) is 0 Å². The van der Waals surface area contributed by atoms with Gasteiger partial charge in [-0.25, -0.2) is 0 Å². The van der Waals surface area contributed by atoms with Crippen LogP contribution in [0.3, 0.4) is 0 Å². The Morgan fingerprint density at radius 3 is 2.39 bits per heavy atom. The summed E-state index contributed by atoms with van der Waals surface area (Å²) in [6.07, 6.45) is 2.00. The Balaban J connectivity index is 1.81. The standard InChI is InChI=1S/C24H24ClN3O2S/c1-29-21-13-8-16(14-22(21)30-2)15-27-24(31-3)28-20-7-5-4-6-19(20)23(26)17-9-11-18(25)12-10-17/h4-14,26H,15H2,1-3H3,(H,27,28)/p+1. The second-order valence-electron chi connectivity index (χ2n) is 6.65. The van der Waals surface area contributed by atoms with E-state index in [4.69, 9.17) is 31.5 Å². The largest absolute Gasteiger partial charge is 0.493 e. The second-order valence-corrected chi connectivity index (χ2v) is 7.91. The van der Waals surface area contributed by atoms with E-state index in [2.05, 4.69) is 5.32 Å². The summed E-state index contributed by atoms with van der Waals surface area (Å²) < 4.78 is 10.7. The monoisotopic (exact) mass is 454 g/mol. The van der Waals surface area contributed by atoms with Gasteiger partial charge in [0.25, 0.3) is 5.17 Å². The first-order valence-electron chi connectivity index (χ1n) is 9.66. The van der Waals surface area contributed by atoms with Gasteiger partial charge in [0, 0.05) is 21.7 Å². The van der Waals surface area contributed by atoms with E-state index in [0.29, 0.717) is 28.8 Å². The van der Waals surface area contributed by atoms with Crippen molar-refractivity contribution < 1.29 is 14.8 Å². The molecular weight excluding hydrogens is 430 g/mol. The number of hydrogen-bond donors (Lipinski definition) is 2. The molecule has 0 aliphatic carbocycles. The maximum atomic E-state index is 8.65. The molecule has 3 aromatic carbocycles. The lowest BCUT2D eigenvalue weighted by Crippen LogP contribution is -2.85. The van der Waals surface area contributed by atoms with Gasteiger partial charge >= 0.3 is 0 Å². The minimum atomic E-state index is 0.413. The van der Waals surface area contributed by atoms with Gasteiger partial charge in [0.15, 0.2) is 11.5 Å². The van der Waals surface area contributed by atoms with Crippen molar-refractivity contribution in [2.45, 2.75) is 6.54 Å². The normalized spacial score (nSPS) is 11.3. The highest BCUT2D eigenvalue weighted by atomic mass is 35.5. The Morgan fingerprint density at radius 1 is 1.00 bits per heavy atom. The Kier molecular flexibility index (Phi) is 8.12. The molecule has 0 spiro atoms. The summed E-state index contributed by atoms with van der Waals surface area (Å²) >= 11 is 7.56. The Hall–Kier alpha value is -2.80. The van der Waals surface area contributed by atoms with Crippen molar-refractivity contribution in [3.05, 3.63) is 88.4 Å². The van der Waals surface area contributed by atoms with Crippen molar-refractivity contribution in [2.75, 3.05) is 20.5 Å². The van der Waals surface area contributed by atoms with Crippen molar-refractivity contribution in [1.29, 1.82) is 5.41 Å². The minimum Gasteiger partial charge on any atom is -0.493 e. The number of benzene rings is 3. The van der Waals surface area contributed by atoms with E-state index in [0.717, 1.165) is 27.5 Å². The molecule has 7 heteroatoms. The van der Waals surface area contributed by atoms with Crippen molar-refractivity contribution in [3.8, 4) is 11.5 Å². The lowest BCUT2D eigenvalue weighted by atomic mass is 10.0. The van der Waals surface area contributed by atoms with E-state index in [1.165, 1.54) is 0 Å². The molecular formula is C24H25ClN3O2S+. The smallest absolute Gasteiger partial charge is 0.260 e. The highest BCUT2D eigenvalue weighted by molar-refractivity contribution is 8.12. The van der Waals surface area contributed by atoms with Crippen LogP contribution in [0.1, 0.15) is 16.7 Å². The highest BCUT2D eigenvalue weighted by Crippen LogP contribution is 2.27. The predicted octanol–water partition coefficient (Wildman–Crippen LogP) is 4.89. The summed E-state index contributed by atoms with van der Waals surface area (Å²) in [5, 5.41) is 12.3. The zero-order valence-corrected chi connectivity index (χ0v) is 19.3. The van der Waals surface area contributed by atoms with Crippen LogP contribution < -0.4 is 14.8 Å². The fraction of sp³-hybridized carbons (Fsp3) is 0.167. The number of halogens is 1. The zero-order valence-electron chi connectivity index (χ0n) is 17.7. The SMILES string of the molecule is COc1ccc(C[NH2+]C(=Nc2ccccc2C(=N)c2ccc(Cl)cc2)SC)cc1OC. The first-order chi connectivity index (χ1) is 15.0. The number of amidine groups is 1. The van der Waals surface area contributed by atoms with Gasteiger partial charge in [-0.05, 0) is 54.4 Å². The average molecular weight is 455 g/mol. The summed E-state index contributed by atoms with van der Waals surface area (Å²) in [7, 11) is 3.26. The van der Waals surface area contributed by atoms with Crippen LogP contribution in [0.5, 0.6) is 11.5 Å². The summed E-state index contributed by atoms with van der Waals surface area (Å²) in [6, 6.07) is 20.9. The molecule has 3 aromatic rings. The number of nitrogens with two attached hydrogens (primary N) is 1. The van der Waals surface area contributed by atoms with Crippen molar-refractivity contribution in [1.82, 2.24) is 0 Å². The van der Waals surface area contributed by atoms with Crippen LogP contribution in [0.15, 0.2) is 71.7 Å². The molecule has 0 amide bonds. The third-order valence-electron chi connectivity index (χ3n) is 4.71. The Bertz CT molecular complexity index is 1080. The van der Waals surface area contributed by atoms with Gasteiger partial charge in [0.2, 0.25) is 0 Å². The summed E-state index contributed by atoms with van der Waals surface area (Å²) in [5.74, 6) is 1.41. The molecule has 3 rings (SSSR count). The maximum Gasteiger partial charge on any atom is 0.260 e. The highest BCUT2D eigenvalue weighted by Gasteiger charge is 2.12. The molecule has 160 valence electrons. The van der Waals surface area contributed by atoms with E-state index in [1.54, 1.807) is 38.1 Å². The average Bonchev–Trinajstić information content (AvgIpc) is 2.81. The van der Waals surface area contributed by atoms with Gasteiger partial charge in [0.1, 0.15) is 6.54 Å². The number of nitrogens with one attached hydrogen (secondary N) is 1. The molecule has 0 aromatic heterocycles. The lowest BCUT2D eigenvalue weighted by Gasteiger charge is -2.10. The molecule has 0 heterocycles. The first-order valence-corrected chi connectivity index (χ1v) is 11.3. The predicted molar refractivity (Wildman–Crippen MR) is 130 cm³/mol. The van der Waals surface area contributed by atoms with Crippen LogP contribution >= 0.6 is 23.4 Å². The Labute approximate surface area is 192 Å². The van der Waals surface area contributed by atoms with Gasteiger partial charge in [-0.1, -0.05) is 41.9 Å². The summed E-state index contributed by atoms with van der Waals surface area (Å²) in [5.41, 5.74) is 3.84. The minimum absolute atomic E-state index is 0.413. The fourth-order valence-electron chi connectivity index (χ4n) is 3.06. The molecule has 0 unspecified atom stereocenters. The van der Waals surface area contributed by atoms with E-state index in [1.807, 2.05) is 60.9 Å². The molecule has 5 nitrogen and oxygen atoms in total. The number of hydrogen-bond acceptors (Lipinski definition) is 5. The van der Waals surface area contributed by atoms with Gasteiger partial charge in [0.05, 0.1) is 25.6 Å². The van der Waals surface area contributed by atoms with E-state index < -0.39 is 0 Å². The number of quaternary nitrogens is 1. The molecule has 31 heavy (non-hydrogen) atoms. The number of methoxy groups -OCH3 is 2. The van der Waals surface area contributed by atoms with E-state index >= 15 is 0 Å². The third kappa shape index (κ3) is 5.88. The molecule has 0 saturated heterocycles. The molecule has 0 bridgehead atoms. The number of para-hydroxylation sites is 1. The fourth-order valence-corrected chi connectivity index (χ4v) is 3.63. The Morgan fingerprint density at radius 2 is 1.71 bits per heavy atom. The van der Waals surface area contributed by atoms with Crippen molar-refractivity contribution >= 4 is 39.9 Å². The quantitative estimate of drug-likeness (QED) is 0.394. The molecule has 3 N–H and O–H groups in total. The van der Waals surface area contributed by atoms with Crippen LogP contribution in [0.2, 0.25) is 5.02 Å². The molecule has 0 atom stereocenters. The molecule has 0 fully saturated rings. The number of thioether (sulfide) groups is 1.